The zero-order chi connectivity index (χ0) is 14.7. The van der Waals surface area contributed by atoms with Gasteiger partial charge in [-0.05, 0) is 29.8 Å². The molecule has 1 aromatic heterocycles. The van der Waals surface area contributed by atoms with Gasteiger partial charge >= 0.3 is 0 Å². The number of nitrogens with zero attached hydrogens (tertiary/aromatic N) is 1. The molecule has 0 bridgehead atoms. The normalized spacial score (nSPS) is 10.3. The fourth-order valence-corrected chi connectivity index (χ4v) is 2.21. The smallest absolute Gasteiger partial charge is 0.264 e. The number of nitrogens with one attached hydrogen (secondary N) is 1. The van der Waals surface area contributed by atoms with Crippen molar-refractivity contribution in [2.24, 2.45) is 0 Å². The van der Waals surface area contributed by atoms with E-state index in [0.29, 0.717) is 0 Å². The fourth-order valence-electron chi connectivity index (χ4n) is 2.21. The van der Waals surface area contributed by atoms with Crippen molar-refractivity contribution in [3.63, 3.8) is 0 Å². The molecule has 21 heavy (non-hydrogen) atoms. The monoisotopic (exact) mass is 278 g/mol. The molecule has 1 heterocycles. The zero-order valence-corrected chi connectivity index (χ0v) is 11.5. The third-order valence-electron chi connectivity index (χ3n) is 3.26. The van der Waals surface area contributed by atoms with Gasteiger partial charge in [-0.3, -0.25) is 4.79 Å². The molecular formula is C17H14N2O2. The van der Waals surface area contributed by atoms with Crippen molar-refractivity contribution in [1.29, 1.82) is 0 Å². The van der Waals surface area contributed by atoms with Crippen LogP contribution in [-0.2, 0) is 0 Å². The van der Waals surface area contributed by atoms with Crippen LogP contribution in [0.4, 0.5) is 0 Å². The van der Waals surface area contributed by atoms with Crippen LogP contribution in [0.15, 0.2) is 65.5 Å². The third-order valence-corrected chi connectivity index (χ3v) is 3.26. The molecule has 0 saturated heterocycles. The van der Waals surface area contributed by atoms with Crippen LogP contribution < -0.4 is 10.3 Å². The number of hydrogen-bond acceptors (Lipinski definition) is 3. The second-order valence-electron chi connectivity index (χ2n) is 4.59. The molecule has 0 saturated carbocycles. The molecular weight excluding hydrogens is 264 g/mol. The van der Waals surface area contributed by atoms with E-state index in [1.165, 1.54) is 0 Å². The molecule has 0 unspecified atom stereocenters. The summed E-state index contributed by atoms with van der Waals surface area (Å²) in [5.74, 6) is 0.782. The Morgan fingerprint density at radius 1 is 0.952 bits per heavy atom. The summed E-state index contributed by atoms with van der Waals surface area (Å²) in [6.07, 6.45) is 0. The van der Waals surface area contributed by atoms with Gasteiger partial charge in [0.15, 0.2) is 0 Å². The Bertz CT molecular complexity index is 793. The van der Waals surface area contributed by atoms with E-state index in [0.717, 1.165) is 28.1 Å². The predicted molar refractivity (Wildman–Crippen MR) is 82.3 cm³/mol. The Balaban J connectivity index is 2.16. The van der Waals surface area contributed by atoms with Crippen LogP contribution in [0.1, 0.15) is 0 Å². The van der Waals surface area contributed by atoms with E-state index in [4.69, 9.17) is 4.74 Å². The van der Waals surface area contributed by atoms with Gasteiger partial charge in [0.05, 0.1) is 12.8 Å². The average Bonchev–Trinajstić information content (AvgIpc) is 2.56. The number of rotatable bonds is 3. The lowest BCUT2D eigenvalue weighted by molar-refractivity contribution is 0.415. The summed E-state index contributed by atoms with van der Waals surface area (Å²) in [4.78, 5) is 11.6. The molecule has 2 aromatic carbocycles. The van der Waals surface area contributed by atoms with Crippen LogP contribution in [-0.4, -0.2) is 17.3 Å². The highest BCUT2D eigenvalue weighted by atomic mass is 16.5. The van der Waals surface area contributed by atoms with Gasteiger partial charge in [-0.15, -0.1) is 0 Å². The Morgan fingerprint density at radius 2 is 1.67 bits per heavy atom. The molecule has 3 aromatic rings. The fraction of sp³-hybridized carbons (Fsp3) is 0.0588. The van der Waals surface area contributed by atoms with Crippen LogP contribution in [0.3, 0.4) is 0 Å². The van der Waals surface area contributed by atoms with Crippen molar-refractivity contribution in [3.8, 4) is 28.1 Å². The summed E-state index contributed by atoms with van der Waals surface area (Å²) in [5, 5.41) is 6.70. The van der Waals surface area contributed by atoms with Crippen molar-refractivity contribution in [2.75, 3.05) is 7.11 Å². The largest absolute Gasteiger partial charge is 0.497 e. The SMILES string of the molecule is COc1ccc(-c2n[nH]c(=O)cc2-c2ccccc2)cc1. The van der Waals surface area contributed by atoms with Gasteiger partial charge in [0.2, 0.25) is 0 Å². The van der Waals surface area contributed by atoms with E-state index in [1.54, 1.807) is 13.2 Å². The second-order valence-corrected chi connectivity index (χ2v) is 4.59. The lowest BCUT2D eigenvalue weighted by atomic mass is 10.0. The standard InChI is InChI=1S/C17H14N2O2/c1-21-14-9-7-13(8-10-14)17-15(11-16(20)18-19-17)12-5-3-2-4-6-12/h2-11H,1H3,(H,18,20). The minimum absolute atomic E-state index is 0.217. The van der Waals surface area contributed by atoms with Crippen LogP contribution in [0.25, 0.3) is 22.4 Å². The zero-order valence-electron chi connectivity index (χ0n) is 11.5. The topological polar surface area (TPSA) is 55.0 Å². The lowest BCUT2D eigenvalue weighted by Gasteiger charge is -2.08. The molecule has 0 aliphatic carbocycles. The maximum atomic E-state index is 11.6. The minimum Gasteiger partial charge on any atom is -0.497 e. The molecule has 4 heteroatoms. The van der Waals surface area contributed by atoms with Crippen LogP contribution in [0.2, 0.25) is 0 Å². The van der Waals surface area contributed by atoms with E-state index in [1.807, 2.05) is 54.6 Å². The van der Waals surface area contributed by atoms with Crippen LogP contribution in [0.5, 0.6) is 5.75 Å². The second kappa shape index (κ2) is 5.63. The molecule has 0 amide bonds. The van der Waals surface area contributed by atoms with Crippen molar-refractivity contribution < 1.29 is 4.74 Å². The van der Waals surface area contributed by atoms with Crippen molar-refractivity contribution >= 4 is 0 Å². The molecule has 104 valence electrons. The highest BCUT2D eigenvalue weighted by Crippen LogP contribution is 2.29. The van der Waals surface area contributed by atoms with Crippen LogP contribution in [0, 0.1) is 0 Å². The summed E-state index contributed by atoms with van der Waals surface area (Å²) in [5.41, 5.74) is 3.21. The Morgan fingerprint density at radius 3 is 2.33 bits per heavy atom. The van der Waals surface area contributed by atoms with E-state index >= 15 is 0 Å². The molecule has 0 spiro atoms. The maximum Gasteiger partial charge on any atom is 0.264 e. The molecule has 0 aliphatic heterocycles. The van der Waals surface area contributed by atoms with E-state index < -0.39 is 0 Å². The third kappa shape index (κ3) is 2.69. The summed E-state index contributed by atoms with van der Waals surface area (Å²) in [6.45, 7) is 0. The quantitative estimate of drug-likeness (QED) is 0.801. The molecule has 0 atom stereocenters. The Labute approximate surface area is 122 Å². The first-order valence-corrected chi connectivity index (χ1v) is 6.57. The van der Waals surface area contributed by atoms with Gasteiger partial charge in [0.1, 0.15) is 5.75 Å². The van der Waals surface area contributed by atoms with E-state index in [9.17, 15) is 4.79 Å². The predicted octanol–water partition coefficient (Wildman–Crippen LogP) is 3.11. The van der Waals surface area contributed by atoms with E-state index in [2.05, 4.69) is 10.2 Å². The first kappa shape index (κ1) is 13.1. The van der Waals surface area contributed by atoms with Gasteiger partial charge in [-0.25, -0.2) is 5.10 Å². The van der Waals surface area contributed by atoms with Crippen LogP contribution >= 0.6 is 0 Å². The van der Waals surface area contributed by atoms with Crippen molar-refractivity contribution in [2.45, 2.75) is 0 Å². The van der Waals surface area contributed by atoms with Gasteiger partial charge in [0, 0.05) is 17.2 Å². The highest BCUT2D eigenvalue weighted by molar-refractivity contribution is 5.80. The van der Waals surface area contributed by atoms with E-state index in [-0.39, 0.29) is 5.56 Å². The number of methoxy groups -OCH3 is 1. The molecule has 0 radical (unpaired) electrons. The number of aromatic nitrogens is 2. The Kier molecular flexibility index (Phi) is 3.51. The summed E-state index contributed by atoms with van der Waals surface area (Å²) in [7, 11) is 1.63. The number of aromatic amines is 1. The minimum atomic E-state index is -0.217. The number of benzene rings is 2. The molecule has 4 nitrogen and oxygen atoms in total. The summed E-state index contributed by atoms with van der Waals surface area (Å²) >= 11 is 0. The van der Waals surface area contributed by atoms with Crippen molar-refractivity contribution in [3.05, 3.63) is 71.0 Å². The maximum absolute atomic E-state index is 11.6. The lowest BCUT2D eigenvalue weighted by Crippen LogP contribution is -2.08. The summed E-state index contributed by atoms with van der Waals surface area (Å²) < 4.78 is 5.16. The molecule has 3 rings (SSSR count). The molecule has 0 fully saturated rings. The number of ether oxygens (including phenoxy) is 1. The Hall–Kier alpha value is -2.88. The van der Waals surface area contributed by atoms with Gasteiger partial charge in [-0.1, -0.05) is 30.3 Å². The average molecular weight is 278 g/mol. The highest BCUT2D eigenvalue weighted by Gasteiger charge is 2.10. The number of H-pyrrole nitrogens is 1. The number of hydrogen-bond donors (Lipinski definition) is 1. The summed E-state index contributed by atoms with van der Waals surface area (Å²) in [6, 6.07) is 18.9. The molecule has 0 aliphatic rings. The first-order chi connectivity index (χ1) is 10.3. The first-order valence-electron chi connectivity index (χ1n) is 6.57. The van der Waals surface area contributed by atoms with Crippen molar-refractivity contribution in [1.82, 2.24) is 10.2 Å². The van der Waals surface area contributed by atoms with Gasteiger partial charge in [0.25, 0.3) is 5.56 Å². The van der Waals surface area contributed by atoms with Gasteiger partial charge < -0.3 is 4.74 Å². The molecule has 1 N–H and O–H groups in total. The van der Waals surface area contributed by atoms with Gasteiger partial charge in [-0.2, -0.15) is 5.10 Å².